The molecule has 1 atom stereocenters. The van der Waals surface area contributed by atoms with E-state index in [0.29, 0.717) is 5.56 Å². The van der Waals surface area contributed by atoms with Gasteiger partial charge in [0.05, 0.1) is 29.1 Å². The highest BCUT2D eigenvalue weighted by Gasteiger charge is 2.31. The van der Waals surface area contributed by atoms with E-state index in [1.54, 1.807) is 12.5 Å². The Hall–Kier alpha value is -2.76. The summed E-state index contributed by atoms with van der Waals surface area (Å²) in [6.07, 6.45) is 5.33. The summed E-state index contributed by atoms with van der Waals surface area (Å²) in [5.74, 6) is 0.779. The van der Waals surface area contributed by atoms with E-state index in [-0.39, 0.29) is 11.9 Å². The zero-order chi connectivity index (χ0) is 15.8. The highest BCUT2D eigenvalue weighted by molar-refractivity contribution is 5.97. The van der Waals surface area contributed by atoms with Crippen LogP contribution in [0.1, 0.15) is 40.8 Å². The van der Waals surface area contributed by atoms with Crippen LogP contribution in [0.15, 0.2) is 36.8 Å². The van der Waals surface area contributed by atoms with E-state index in [1.807, 2.05) is 36.1 Å². The fourth-order valence-corrected chi connectivity index (χ4v) is 3.21. The van der Waals surface area contributed by atoms with Gasteiger partial charge in [-0.3, -0.25) is 4.79 Å². The summed E-state index contributed by atoms with van der Waals surface area (Å²) in [4.78, 5) is 30.7. The van der Waals surface area contributed by atoms with Gasteiger partial charge < -0.3 is 9.88 Å². The number of imidazole rings is 1. The summed E-state index contributed by atoms with van der Waals surface area (Å²) in [5.41, 5.74) is 3.35. The second kappa shape index (κ2) is 5.46. The number of nitrogens with zero attached hydrogens (tertiary/aromatic N) is 4. The summed E-state index contributed by atoms with van der Waals surface area (Å²) < 4.78 is 0. The van der Waals surface area contributed by atoms with E-state index in [4.69, 9.17) is 0 Å². The van der Waals surface area contributed by atoms with Gasteiger partial charge in [0.2, 0.25) is 0 Å². The van der Waals surface area contributed by atoms with E-state index < -0.39 is 0 Å². The van der Waals surface area contributed by atoms with Gasteiger partial charge >= 0.3 is 0 Å². The average molecular weight is 307 g/mol. The Morgan fingerprint density at radius 3 is 3.09 bits per heavy atom. The Morgan fingerprint density at radius 2 is 2.22 bits per heavy atom. The predicted octanol–water partition coefficient (Wildman–Crippen LogP) is 2.64. The van der Waals surface area contributed by atoms with Gasteiger partial charge in [0.15, 0.2) is 0 Å². The Labute approximate surface area is 133 Å². The Kier molecular flexibility index (Phi) is 3.29. The summed E-state index contributed by atoms with van der Waals surface area (Å²) >= 11 is 0. The monoisotopic (exact) mass is 307 g/mol. The predicted molar refractivity (Wildman–Crippen MR) is 85.9 cm³/mol. The molecule has 6 heteroatoms. The van der Waals surface area contributed by atoms with Crippen molar-refractivity contribution in [3.05, 3.63) is 53.9 Å². The number of aromatic nitrogens is 4. The smallest absolute Gasteiger partial charge is 0.254 e. The molecule has 23 heavy (non-hydrogen) atoms. The van der Waals surface area contributed by atoms with Crippen molar-refractivity contribution in [3.63, 3.8) is 0 Å². The molecule has 116 valence electrons. The molecule has 1 fully saturated rings. The minimum Gasteiger partial charge on any atom is -0.345 e. The quantitative estimate of drug-likeness (QED) is 0.789. The first-order valence-electron chi connectivity index (χ1n) is 7.76. The van der Waals surface area contributed by atoms with Crippen LogP contribution in [0.25, 0.3) is 11.0 Å². The largest absolute Gasteiger partial charge is 0.345 e. The minimum absolute atomic E-state index is 0.0293. The fraction of sp³-hybridized carbons (Fsp3) is 0.294. The van der Waals surface area contributed by atoms with Crippen LogP contribution >= 0.6 is 0 Å². The number of likely N-dealkylation sites (tertiary alicyclic amines) is 1. The molecule has 0 bridgehead atoms. The van der Waals surface area contributed by atoms with Gasteiger partial charge in [0, 0.05) is 18.3 Å². The Bertz CT molecular complexity index is 872. The zero-order valence-corrected chi connectivity index (χ0v) is 12.9. The number of hydrogen-bond acceptors (Lipinski definition) is 4. The maximum atomic E-state index is 12.9. The lowest BCUT2D eigenvalue weighted by atomic mass is 10.1. The van der Waals surface area contributed by atoms with Crippen molar-refractivity contribution in [1.29, 1.82) is 0 Å². The van der Waals surface area contributed by atoms with Gasteiger partial charge in [-0.1, -0.05) is 0 Å². The van der Waals surface area contributed by atoms with Crippen molar-refractivity contribution in [1.82, 2.24) is 24.8 Å². The first kappa shape index (κ1) is 13.9. The lowest BCUT2D eigenvalue weighted by Crippen LogP contribution is -2.31. The molecule has 1 aliphatic rings. The normalized spacial score (nSPS) is 17.8. The first-order chi connectivity index (χ1) is 11.2. The number of amides is 1. The van der Waals surface area contributed by atoms with Crippen LogP contribution in [0.5, 0.6) is 0 Å². The lowest BCUT2D eigenvalue weighted by molar-refractivity contribution is 0.0733. The second-order valence-corrected chi connectivity index (χ2v) is 5.82. The molecule has 3 aromatic rings. The van der Waals surface area contributed by atoms with E-state index in [2.05, 4.69) is 19.9 Å². The summed E-state index contributed by atoms with van der Waals surface area (Å²) in [6.45, 7) is 2.63. The molecule has 1 amide bonds. The molecule has 0 unspecified atom stereocenters. The van der Waals surface area contributed by atoms with Gasteiger partial charge in [0.25, 0.3) is 5.91 Å². The van der Waals surface area contributed by atoms with E-state index in [0.717, 1.165) is 41.9 Å². The van der Waals surface area contributed by atoms with Crippen LogP contribution < -0.4 is 0 Å². The van der Waals surface area contributed by atoms with E-state index >= 15 is 0 Å². The van der Waals surface area contributed by atoms with Crippen molar-refractivity contribution in [2.75, 3.05) is 6.54 Å². The standard InChI is InChI=1S/C17H17N5O/c1-11-18-7-6-14(21-11)16-3-2-8-22(16)17(23)12-4-5-13-15(9-12)20-10-19-13/h4-7,9-10,16H,2-3,8H2,1H3,(H,19,20)/t16-/m0/s1. The molecule has 0 saturated carbocycles. The maximum absolute atomic E-state index is 12.9. The summed E-state index contributed by atoms with van der Waals surface area (Å²) in [5, 5.41) is 0. The maximum Gasteiger partial charge on any atom is 0.254 e. The topological polar surface area (TPSA) is 74.8 Å². The number of rotatable bonds is 2. The second-order valence-electron chi connectivity index (χ2n) is 5.82. The number of hydrogen-bond donors (Lipinski definition) is 1. The number of fused-ring (bicyclic) bond motifs is 1. The molecule has 6 nitrogen and oxygen atoms in total. The number of carbonyl (C=O) groups is 1. The molecule has 4 rings (SSSR count). The van der Waals surface area contributed by atoms with E-state index in [1.165, 1.54) is 0 Å². The Balaban J connectivity index is 1.66. The molecule has 0 aliphatic carbocycles. The third-order valence-corrected chi connectivity index (χ3v) is 4.32. The van der Waals surface area contributed by atoms with Crippen LogP contribution in [-0.2, 0) is 0 Å². The minimum atomic E-state index is 0.0293. The van der Waals surface area contributed by atoms with Crippen molar-refractivity contribution in [2.45, 2.75) is 25.8 Å². The number of benzene rings is 1. The molecule has 0 radical (unpaired) electrons. The highest BCUT2D eigenvalue weighted by atomic mass is 16.2. The first-order valence-corrected chi connectivity index (χ1v) is 7.76. The molecular weight excluding hydrogens is 290 g/mol. The molecule has 1 saturated heterocycles. The van der Waals surface area contributed by atoms with Crippen LogP contribution in [0.3, 0.4) is 0 Å². The third kappa shape index (κ3) is 2.46. The van der Waals surface area contributed by atoms with Gasteiger partial charge in [-0.2, -0.15) is 0 Å². The van der Waals surface area contributed by atoms with E-state index in [9.17, 15) is 4.79 Å². The SMILES string of the molecule is Cc1nccc([C@@H]2CCCN2C(=O)c2ccc3nc[nH]c3c2)n1. The fourth-order valence-electron chi connectivity index (χ4n) is 3.21. The number of carbonyl (C=O) groups excluding carboxylic acids is 1. The molecule has 1 aromatic carbocycles. The van der Waals surface area contributed by atoms with Crippen molar-refractivity contribution >= 4 is 16.9 Å². The van der Waals surface area contributed by atoms with Gasteiger partial charge in [-0.15, -0.1) is 0 Å². The molecule has 1 aliphatic heterocycles. The van der Waals surface area contributed by atoms with Crippen molar-refractivity contribution < 1.29 is 4.79 Å². The van der Waals surface area contributed by atoms with Gasteiger partial charge in [0.1, 0.15) is 5.82 Å². The highest BCUT2D eigenvalue weighted by Crippen LogP contribution is 2.32. The molecule has 1 N–H and O–H groups in total. The molecule has 0 spiro atoms. The van der Waals surface area contributed by atoms with Gasteiger partial charge in [-0.25, -0.2) is 15.0 Å². The van der Waals surface area contributed by atoms with Crippen LogP contribution in [0.4, 0.5) is 0 Å². The molecular formula is C17H17N5O. The van der Waals surface area contributed by atoms with Crippen LogP contribution in [0.2, 0.25) is 0 Å². The summed E-state index contributed by atoms with van der Waals surface area (Å²) in [7, 11) is 0. The Morgan fingerprint density at radius 1 is 1.30 bits per heavy atom. The molecule has 3 heterocycles. The van der Waals surface area contributed by atoms with Crippen LogP contribution in [-0.4, -0.2) is 37.3 Å². The van der Waals surface area contributed by atoms with Gasteiger partial charge in [-0.05, 0) is 44.0 Å². The number of H-pyrrole nitrogens is 1. The zero-order valence-electron chi connectivity index (χ0n) is 12.9. The van der Waals surface area contributed by atoms with Crippen molar-refractivity contribution in [2.24, 2.45) is 0 Å². The lowest BCUT2D eigenvalue weighted by Gasteiger charge is -2.24. The third-order valence-electron chi connectivity index (χ3n) is 4.32. The molecule has 2 aromatic heterocycles. The number of nitrogens with one attached hydrogen (secondary N) is 1. The summed E-state index contributed by atoms with van der Waals surface area (Å²) in [6, 6.07) is 7.51. The van der Waals surface area contributed by atoms with Crippen LogP contribution in [0, 0.1) is 6.92 Å². The van der Waals surface area contributed by atoms with Crippen molar-refractivity contribution in [3.8, 4) is 0 Å². The average Bonchev–Trinajstić information content (AvgIpc) is 3.22. The number of aromatic amines is 1. The number of aryl methyl sites for hydroxylation is 1.